The van der Waals surface area contributed by atoms with Crippen LogP contribution in [0.2, 0.25) is 0 Å². The number of anilines is 1. The Labute approximate surface area is 114 Å². The van der Waals surface area contributed by atoms with E-state index >= 15 is 0 Å². The van der Waals surface area contributed by atoms with Gasteiger partial charge in [-0.1, -0.05) is 29.8 Å². The summed E-state index contributed by atoms with van der Waals surface area (Å²) in [6.07, 6.45) is 0. The van der Waals surface area contributed by atoms with Gasteiger partial charge in [0.25, 0.3) is 0 Å². The zero-order valence-corrected chi connectivity index (χ0v) is 11.3. The third-order valence-electron chi connectivity index (χ3n) is 2.89. The van der Waals surface area contributed by atoms with Gasteiger partial charge in [0.05, 0.1) is 5.69 Å². The second-order valence-electron chi connectivity index (χ2n) is 4.39. The first-order valence-corrected chi connectivity index (χ1v) is 6.92. The summed E-state index contributed by atoms with van der Waals surface area (Å²) in [5.41, 5.74) is 10.3. The van der Waals surface area contributed by atoms with Crippen LogP contribution in [0.3, 0.4) is 0 Å². The average Bonchev–Trinajstić information content (AvgIpc) is 2.88. The fraction of sp³-hybridized carbons (Fsp3) is 0.143. The van der Waals surface area contributed by atoms with Gasteiger partial charge in [0.1, 0.15) is 0 Å². The van der Waals surface area contributed by atoms with E-state index in [1.165, 1.54) is 11.1 Å². The maximum Gasteiger partial charge on any atom is 0.159 e. The summed E-state index contributed by atoms with van der Waals surface area (Å²) < 4.78 is 4.76. The van der Waals surface area contributed by atoms with E-state index in [2.05, 4.69) is 41.5 Å². The highest BCUT2D eigenvalue weighted by Crippen LogP contribution is 2.31. The van der Waals surface area contributed by atoms with Crippen LogP contribution in [0, 0.1) is 6.92 Å². The Morgan fingerprint density at radius 2 is 2.00 bits per heavy atom. The maximum absolute atomic E-state index is 5.82. The summed E-state index contributed by atoms with van der Waals surface area (Å²) in [7, 11) is 0. The largest absolute Gasteiger partial charge is 0.397 e. The predicted molar refractivity (Wildman–Crippen MR) is 77.0 cm³/mol. The number of nitrogen functional groups attached to an aromatic ring is 1. The third kappa shape index (κ3) is 2.42. The van der Waals surface area contributed by atoms with Gasteiger partial charge in [-0.3, -0.25) is 0 Å². The topological polar surface area (TPSA) is 64.9 Å². The number of fused-ring (bicyclic) bond motifs is 1. The SMILES string of the molecule is Cc1cccc(CSc2ccc(N)c3nonc23)c1. The molecule has 2 N–H and O–H groups in total. The van der Waals surface area contributed by atoms with Crippen molar-refractivity contribution in [2.75, 3.05) is 5.73 Å². The van der Waals surface area contributed by atoms with Crippen molar-refractivity contribution in [2.24, 2.45) is 0 Å². The smallest absolute Gasteiger partial charge is 0.159 e. The Morgan fingerprint density at radius 1 is 1.16 bits per heavy atom. The summed E-state index contributed by atoms with van der Waals surface area (Å²) >= 11 is 1.71. The minimum absolute atomic E-state index is 0.594. The van der Waals surface area contributed by atoms with Gasteiger partial charge in [0, 0.05) is 10.6 Å². The third-order valence-corrected chi connectivity index (χ3v) is 4.00. The van der Waals surface area contributed by atoms with Gasteiger partial charge >= 0.3 is 0 Å². The van der Waals surface area contributed by atoms with E-state index in [4.69, 9.17) is 10.4 Å². The lowest BCUT2D eigenvalue weighted by Crippen LogP contribution is -1.88. The van der Waals surface area contributed by atoms with E-state index in [-0.39, 0.29) is 0 Å². The van der Waals surface area contributed by atoms with Crippen LogP contribution in [0.4, 0.5) is 5.69 Å². The zero-order valence-electron chi connectivity index (χ0n) is 10.5. The highest BCUT2D eigenvalue weighted by atomic mass is 32.2. The van der Waals surface area contributed by atoms with Gasteiger partial charge in [-0.2, -0.15) is 0 Å². The monoisotopic (exact) mass is 271 g/mol. The molecule has 0 radical (unpaired) electrons. The molecule has 5 heteroatoms. The van der Waals surface area contributed by atoms with Crippen molar-refractivity contribution < 1.29 is 4.63 Å². The van der Waals surface area contributed by atoms with Gasteiger partial charge in [0.15, 0.2) is 11.0 Å². The Balaban J connectivity index is 1.86. The first-order valence-electron chi connectivity index (χ1n) is 5.93. The molecular formula is C14H13N3OS. The van der Waals surface area contributed by atoms with Crippen LogP contribution in [-0.4, -0.2) is 10.3 Å². The molecule has 0 aliphatic rings. The van der Waals surface area contributed by atoms with Crippen LogP contribution >= 0.6 is 11.8 Å². The van der Waals surface area contributed by atoms with Crippen LogP contribution < -0.4 is 5.73 Å². The summed E-state index contributed by atoms with van der Waals surface area (Å²) in [6.45, 7) is 2.09. The number of thioether (sulfide) groups is 1. The van der Waals surface area contributed by atoms with Crippen LogP contribution in [0.5, 0.6) is 0 Å². The molecule has 2 aromatic carbocycles. The van der Waals surface area contributed by atoms with Crippen molar-refractivity contribution in [2.45, 2.75) is 17.6 Å². The summed E-state index contributed by atoms with van der Waals surface area (Å²) in [5.74, 6) is 0.882. The number of aromatic nitrogens is 2. The molecule has 0 unspecified atom stereocenters. The number of hydrogen-bond acceptors (Lipinski definition) is 5. The first-order chi connectivity index (χ1) is 9.24. The van der Waals surface area contributed by atoms with Crippen molar-refractivity contribution >= 4 is 28.5 Å². The molecule has 3 rings (SSSR count). The van der Waals surface area contributed by atoms with Crippen LogP contribution in [-0.2, 0) is 5.75 Å². The molecule has 0 bridgehead atoms. The minimum Gasteiger partial charge on any atom is -0.397 e. The van der Waals surface area contributed by atoms with Gasteiger partial charge < -0.3 is 5.73 Å². The van der Waals surface area contributed by atoms with Crippen molar-refractivity contribution in [1.82, 2.24) is 10.3 Å². The molecule has 0 fully saturated rings. The van der Waals surface area contributed by atoms with Crippen molar-refractivity contribution in [3.8, 4) is 0 Å². The number of nitrogens with zero attached hydrogens (tertiary/aromatic N) is 2. The molecular weight excluding hydrogens is 258 g/mol. The molecule has 4 nitrogen and oxygen atoms in total. The summed E-state index contributed by atoms with van der Waals surface area (Å²) in [4.78, 5) is 1.03. The number of benzene rings is 2. The normalized spacial score (nSPS) is 11.0. The van der Waals surface area contributed by atoms with E-state index in [0.29, 0.717) is 11.2 Å². The van der Waals surface area contributed by atoms with E-state index < -0.39 is 0 Å². The molecule has 3 aromatic rings. The van der Waals surface area contributed by atoms with E-state index in [0.717, 1.165) is 16.2 Å². The van der Waals surface area contributed by atoms with E-state index in [1.807, 2.05) is 12.1 Å². The average molecular weight is 271 g/mol. The maximum atomic E-state index is 5.82. The number of hydrogen-bond donors (Lipinski definition) is 1. The number of aryl methyl sites for hydroxylation is 1. The van der Waals surface area contributed by atoms with Gasteiger partial charge in [-0.05, 0) is 34.9 Å². The molecule has 1 heterocycles. The fourth-order valence-corrected chi connectivity index (χ4v) is 2.88. The number of nitrogens with two attached hydrogens (primary N) is 1. The second-order valence-corrected chi connectivity index (χ2v) is 5.41. The molecule has 0 spiro atoms. The van der Waals surface area contributed by atoms with Crippen LogP contribution in [0.1, 0.15) is 11.1 Å². The van der Waals surface area contributed by atoms with Crippen LogP contribution in [0.25, 0.3) is 11.0 Å². The van der Waals surface area contributed by atoms with Crippen molar-refractivity contribution in [3.63, 3.8) is 0 Å². The van der Waals surface area contributed by atoms with Gasteiger partial charge in [0.2, 0.25) is 0 Å². The molecule has 96 valence electrons. The molecule has 0 aliphatic carbocycles. The van der Waals surface area contributed by atoms with E-state index in [1.54, 1.807) is 11.8 Å². The lowest BCUT2D eigenvalue weighted by atomic mass is 10.2. The Kier molecular flexibility index (Phi) is 3.13. The molecule has 0 atom stereocenters. The van der Waals surface area contributed by atoms with Gasteiger partial charge in [-0.15, -0.1) is 11.8 Å². The molecule has 19 heavy (non-hydrogen) atoms. The van der Waals surface area contributed by atoms with Crippen molar-refractivity contribution in [1.29, 1.82) is 0 Å². The highest BCUT2D eigenvalue weighted by molar-refractivity contribution is 7.98. The first kappa shape index (κ1) is 12.0. The molecule has 0 saturated heterocycles. The summed E-state index contributed by atoms with van der Waals surface area (Å²) in [6, 6.07) is 12.3. The second kappa shape index (κ2) is 4.93. The van der Waals surface area contributed by atoms with Crippen LogP contribution in [0.15, 0.2) is 45.9 Å². The molecule has 0 saturated carbocycles. The Morgan fingerprint density at radius 3 is 2.84 bits per heavy atom. The fourth-order valence-electron chi connectivity index (χ4n) is 1.94. The Hall–Kier alpha value is -2.01. The Bertz CT molecular complexity index is 724. The summed E-state index contributed by atoms with van der Waals surface area (Å²) in [5, 5.41) is 7.75. The lowest BCUT2D eigenvalue weighted by Gasteiger charge is -2.04. The van der Waals surface area contributed by atoms with Crippen molar-refractivity contribution in [3.05, 3.63) is 47.5 Å². The lowest BCUT2D eigenvalue weighted by molar-refractivity contribution is 0.315. The quantitative estimate of drug-likeness (QED) is 0.584. The van der Waals surface area contributed by atoms with Gasteiger partial charge in [-0.25, -0.2) is 4.63 Å². The molecule has 0 amide bonds. The highest BCUT2D eigenvalue weighted by Gasteiger charge is 2.10. The molecule has 0 aliphatic heterocycles. The number of rotatable bonds is 3. The predicted octanol–water partition coefficient (Wildman–Crippen LogP) is 3.41. The standard InChI is InChI=1S/C14H13N3OS/c1-9-3-2-4-10(7-9)8-19-12-6-5-11(15)13-14(12)17-18-16-13/h2-7H,8,15H2,1H3. The zero-order chi connectivity index (χ0) is 13.2. The van der Waals surface area contributed by atoms with E-state index in [9.17, 15) is 0 Å². The molecule has 1 aromatic heterocycles. The minimum atomic E-state index is 0.594.